The normalized spacial score (nSPS) is 12.0. The van der Waals surface area contributed by atoms with Crippen molar-refractivity contribution in [1.29, 1.82) is 0 Å². The summed E-state index contributed by atoms with van der Waals surface area (Å²) in [6, 6.07) is 34.0. The average Bonchev–Trinajstić information content (AvgIpc) is 3.17. The van der Waals surface area contributed by atoms with Crippen LogP contribution in [0.2, 0.25) is 0 Å². The first kappa shape index (κ1) is 17.0. The molecule has 1 aliphatic carbocycles. The van der Waals surface area contributed by atoms with Crippen LogP contribution in [0.15, 0.2) is 97.1 Å². The van der Waals surface area contributed by atoms with Gasteiger partial charge in [0.2, 0.25) is 0 Å². The van der Waals surface area contributed by atoms with Crippen LogP contribution in [0.1, 0.15) is 11.1 Å². The van der Waals surface area contributed by atoms with E-state index >= 15 is 0 Å². The van der Waals surface area contributed by atoms with Crippen molar-refractivity contribution in [1.82, 2.24) is 4.98 Å². The van der Waals surface area contributed by atoms with E-state index in [1.807, 2.05) is 24.3 Å². The van der Waals surface area contributed by atoms with E-state index in [1.165, 1.54) is 27.8 Å². The maximum Gasteiger partial charge on any atom is 0.0717 e. The Labute approximate surface area is 175 Å². The van der Waals surface area contributed by atoms with Crippen LogP contribution in [0, 0.1) is 0 Å². The molecule has 0 aliphatic heterocycles. The van der Waals surface area contributed by atoms with Crippen molar-refractivity contribution >= 4 is 16.6 Å². The molecule has 0 bridgehead atoms. The van der Waals surface area contributed by atoms with Gasteiger partial charge in [0.15, 0.2) is 0 Å². The number of aromatic nitrogens is 1. The van der Waals surface area contributed by atoms with Gasteiger partial charge in [-0.15, -0.1) is 0 Å². The molecule has 30 heavy (non-hydrogen) atoms. The molecule has 1 aromatic heterocycles. The van der Waals surface area contributed by atoms with E-state index in [4.69, 9.17) is 10.7 Å². The number of hydrogen-bond acceptors (Lipinski definition) is 2. The Morgan fingerprint density at radius 2 is 1.40 bits per heavy atom. The molecule has 0 amide bonds. The molecule has 0 fully saturated rings. The summed E-state index contributed by atoms with van der Waals surface area (Å²) < 4.78 is 0. The van der Waals surface area contributed by atoms with E-state index in [-0.39, 0.29) is 0 Å². The number of benzene rings is 4. The number of anilines is 1. The second-order valence-electron chi connectivity index (χ2n) is 7.90. The lowest BCUT2D eigenvalue weighted by atomic mass is 9.96. The molecule has 5 aromatic rings. The summed E-state index contributed by atoms with van der Waals surface area (Å²) in [6.07, 6.45) is 0.981. The van der Waals surface area contributed by atoms with Gasteiger partial charge in [0, 0.05) is 16.6 Å². The predicted octanol–water partition coefficient (Wildman–Crippen LogP) is 6.72. The number of hydrogen-bond donors (Lipinski definition) is 1. The smallest absolute Gasteiger partial charge is 0.0717 e. The van der Waals surface area contributed by atoms with Crippen LogP contribution >= 0.6 is 0 Å². The zero-order valence-corrected chi connectivity index (χ0v) is 16.5. The molecule has 0 spiro atoms. The molecule has 6 rings (SSSR count). The monoisotopic (exact) mass is 384 g/mol. The molecule has 0 atom stereocenters. The first-order valence-corrected chi connectivity index (χ1v) is 10.2. The van der Waals surface area contributed by atoms with Crippen molar-refractivity contribution in [3.05, 3.63) is 108 Å². The fourth-order valence-electron chi connectivity index (χ4n) is 4.55. The molecule has 1 heterocycles. The van der Waals surface area contributed by atoms with E-state index < -0.39 is 0 Å². The minimum atomic E-state index is 0.754. The Morgan fingerprint density at radius 1 is 0.600 bits per heavy atom. The van der Waals surface area contributed by atoms with Gasteiger partial charge >= 0.3 is 0 Å². The molecule has 4 aromatic carbocycles. The fraction of sp³-hybridized carbons (Fsp3) is 0.0357. The molecular formula is C28H20N2. The van der Waals surface area contributed by atoms with Crippen molar-refractivity contribution in [2.24, 2.45) is 0 Å². The third-order valence-corrected chi connectivity index (χ3v) is 6.01. The van der Waals surface area contributed by atoms with Crippen LogP contribution in [0.3, 0.4) is 0 Å². The second kappa shape index (κ2) is 6.57. The van der Waals surface area contributed by atoms with Crippen molar-refractivity contribution in [3.8, 4) is 33.5 Å². The van der Waals surface area contributed by atoms with E-state index in [0.29, 0.717) is 0 Å². The Bertz CT molecular complexity index is 1420. The van der Waals surface area contributed by atoms with Gasteiger partial charge in [0.25, 0.3) is 0 Å². The van der Waals surface area contributed by atoms with Crippen LogP contribution in [0.25, 0.3) is 44.4 Å². The van der Waals surface area contributed by atoms with Gasteiger partial charge in [-0.1, -0.05) is 66.7 Å². The standard InChI is InChI=1S/C28H20N2/c29-22-11-13-27-26(16-22)25(18-6-2-1-3-7-18)17-28(30-27)20-10-12-24-21(15-20)14-19-8-4-5-9-23(19)24/h1-13,15-17H,14,29H2. The third-order valence-electron chi connectivity index (χ3n) is 6.01. The zero-order chi connectivity index (χ0) is 20.1. The van der Waals surface area contributed by atoms with Gasteiger partial charge in [0.05, 0.1) is 11.2 Å². The number of fused-ring (bicyclic) bond motifs is 4. The maximum absolute atomic E-state index is 6.10. The highest BCUT2D eigenvalue weighted by molar-refractivity contribution is 5.98. The Hall–Kier alpha value is -3.91. The minimum Gasteiger partial charge on any atom is -0.399 e. The molecule has 2 N–H and O–H groups in total. The first-order valence-electron chi connectivity index (χ1n) is 10.2. The van der Waals surface area contributed by atoms with Crippen LogP contribution in [-0.4, -0.2) is 4.98 Å². The summed E-state index contributed by atoms with van der Waals surface area (Å²) in [7, 11) is 0. The second-order valence-corrected chi connectivity index (χ2v) is 7.90. The highest BCUT2D eigenvalue weighted by atomic mass is 14.7. The van der Waals surface area contributed by atoms with Crippen LogP contribution < -0.4 is 5.73 Å². The quantitative estimate of drug-likeness (QED) is 0.336. The summed E-state index contributed by atoms with van der Waals surface area (Å²) >= 11 is 0. The predicted molar refractivity (Wildman–Crippen MR) is 125 cm³/mol. The molecule has 0 radical (unpaired) electrons. The maximum atomic E-state index is 6.10. The molecular weight excluding hydrogens is 364 g/mol. The number of nitrogens with two attached hydrogens (primary N) is 1. The summed E-state index contributed by atoms with van der Waals surface area (Å²) in [4.78, 5) is 4.99. The van der Waals surface area contributed by atoms with Gasteiger partial charge in [-0.25, -0.2) is 4.98 Å². The SMILES string of the molecule is Nc1ccc2nc(-c3ccc4c(c3)Cc3ccccc3-4)cc(-c3ccccc3)c2c1. The Kier molecular flexibility index (Phi) is 3.72. The molecule has 2 heteroatoms. The van der Waals surface area contributed by atoms with Gasteiger partial charge < -0.3 is 5.73 Å². The molecule has 2 nitrogen and oxygen atoms in total. The lowest BCUT2D eigenvalue weighted by molar-refractivity contribution is 1.26. The zero-order valence-electron chi connectivity index (χ0n) is 16.5. The lowest BCUT2D eigenvalue weighted by Crippen LogP contribution is -1.93. The van der Waals surface area contributed by atoms with Gasteiger partial charge in [0.1, 0.15) is 0 Å². The molecule has 0 unspecified atom stereocenters. The highest BCUT2D eigenvalue weighted by Crippen LogP contribution is 2.39. The highest BCUT2D eigenvalue weighted by Gasteiger charge is 2.19. The number of nitrogens with zero attached hydrogens (tertiary/aromatic N) is 1. The van der Waals surface area contributed by atoms with Gasteiger partial charge in [-0.05, 0) is 70.1 Å². The average molecular weight is 384 g/mol. The number of pyridine rings is 1. The number of nitrogen functional groups attached to an aromatic ring is 1. The summed E-state index contributed by atoms with van der Waals surface area (Å²) in [6.45, 7) is 0. The molecule has 0 saturated carbocycles. The number of rotatable bonds is 2. The largest absolute Gasteiger partial charge is 0.399 e. The van der Waals surface area contributed by atoms with E-state index in [9.17, 15) is 0 Å². The minimum absolute atomic E-state index is 0.754. The van der Waals surface area contributed by atoms with Crippen molar-refractivity contribution in [2.75, 3.05) is 5.73 Å². The third kappa shape index (κ3) is 2.69. The fourth-order valence-corrected chi connectivity index (χ4v) is 4.55. The molecule has 142 valence electrons. The summed E-state index contributed by atoms with van der Waals surface area (Å²) in [5, 5.41) is 1.08. The van der Waals surface area contributed by atoms with E-state index in [0.717, 1.165) is 39.8 Å². The van der Waals surface area contributed by atoms with Gasteiger partial charge in [-0.2, -0.15) is 0 Å². The topological polar surface area (TPSA) is 38.9 Å². The molecule has 1 aliphatic rings. The Balaban J connectivity index is 1.54. The lowest BCUT2D eigenvalue weighted by Gasteiger charge is -2.12. The van der Waals surface area contributed by atoms with Crippen LogP contribution in [-0.2, 0) is 6.42 Å². The van der Waals surface area contributed by atoms with Crippen LogP contribution in [0.4, 0.5) is 5.69 Å². The molecule has 0 saturated heterocycles. The van der Waals surface area contributed by atoms with Crippen molar-refractivity contribution in [2.45, 2.75) is 6.42 Å². The summed E-state index contributed by atoms with van der Waals surface area (Å²) in [5.41, 5.74) is 17.7. The van der Waals surface area contributed by atoms with E-state index in [1.54, 1.807) is 0 Å². The van der Waals surface area contributed by atoms with Gasteiger partial charge in [-0.3, -0.25) is 0 Å². The van der Waals surface area contributed by atoms with Crippen LogP contribution in [0.5, 0.6) is 0 Å². The van der Waals surface area contributed by atoms with Crippen molar-refractivity contribution < 1.29 is 0 Å². The van der Waals surface area contributed by atoms with E-state index in [2.05, 4.69) is 72.8 Å². The van der Waals surface area contributed by atoms with Crippen molar-refractivity contribution in [3.63, 3.8) is 0 Å². The Morgan fingerprint density at radius 3 is 2.30 bits per heavy atom. The summed E-state index contributed by atoms with van der Waals surface area (Å²) in [5.74, 6) is 0. The first-order chi connectivity index (χ1) is 14.8.